The van der Waals surface area contributed by atoms with Crippen molar-refractivity contribution >= 4 is 17.5 Å². The lowest BCUT2D eigenvalue weighted by Gasteiger charge is -2.28. The molecule has 0 unspecified atom stereocenters. The van der Waals surface area contributed by atoms with Gasteiger partial charge in [-0.3, -0.25) is 14.7 Å². The number of nitrogens with zero attached hydrogens (tertiary/aromatic N) is 2. The third-order valence-corrected chi connectivity index (χ3v) is 4.41. The molecule has 2 heterocycles. The minimum atomic E-state index is -0.474. The maximum absolute atomic E-state index is 12.6. The first-order valence-corrected chi connectivity index (χ1v) is 8.76. The molecule has 10 heteroatoms. The fourth-order valence-electron chi connectivity index (χ4n) is 3.01. The fourth-order valence-corrected chi connectivity index (χ4v) is 3.01. The molecule has 10 nitrogen and oxygen atoms in total. The van der Waals surface area contributed by atoms with Crippen molar-refractivity contribution in [1.82, 2.24) is 20.7 Å². The number of hydrogen-bond acceptors (Lipinski definition) is 7. The standard InChI is InChI=1S/C17H23N5O5/c1-10-7-13(22-27-10)16(23)20-14-8-18-21-15(14)17(24)19-11-3-5-12(6-4-11)26-9-25-2/h7-8,11-12H,3-6,9H2,1-2H3,(H,18,21)(H,19,24)(H,20,23). The average molecular weight is 377 g/mol. The largest absolute Gasteiger partial charge is 0.361 e. The molecule has 2 aromatic rings. The summed E-state index contributed by atoms with van der Waals surface area (Å²) in [5.74, 6) is -0.270. The van der Waals surface area contributed by atoms with Crippen LogP contribution in [0.2, 0.25) is 0 Å². The number of ether oxygens (including phenoxy) is 2. The van der Waals surface area contributed by atoms with Gasteiger partial charge < -0.3 is 24.6 Å². The molecule has 0 aliphatic heterocycles. The Labute approximate surface area is 156 Å². The van der Waals surface area contributed by atoms with E-state index in [-0.39, 0.29) is 41.9 Å². The van der Waals surface area contributed by atoms with Crippen molar-refractivity contribution in [3.63, 3.8) is 0 Å². The monoisotopic (exact) mass is 377 g/mol. The second-order valence-electron chi connectivity index (χ2n) is 6.46. The Balaban J connectivity index is 1.54. The van der Waals surface area contributed by atoms with E-state index in [0.717, 1.165) is 25.7 Å². The third kappa shape index (κ3) is 4.92. The molecule has 3 N–H and O–H groups in total. The molecule has 1 fully saturated rings. The van der Waals surface area contributed by atoms with Crippen LogP contribution in [0.3, 0.4) is 0 Å². The molecular weight excluding hydrogens is 354 g/mol. The van der Waals surface area contributed by atoms with E-state index in [1.165, 1.54) is 12.3 Å². The zero-order valence-corrected chi connectivity index (χ0v) is 15.3. The van der Waals surface area contributed by atoms with E-state index in [0.29, 0.717) is 5.76 Å². The zero-order chi connectivity index (χ0) is 19.2. The number of hydrogen-bond donors (Lipinski definition) is 3. The number of rotatable bonds is 7. The average Bonchev–Trinajstić information content (AvgIpc) is 3.30. The fraction of sp³-hybridized carbons (Fsp3) is 0.529. The first kappa shape index (κ1) is 19.1. The molecule has 1 aliphatic rings. The van der Waals surface area contributed by atoms with Gasteiger partial charge in [0.1, 0.15) is 18.2 Å². The van der Waals surface area contributed by atoms with Crippen LogP contribution in [0.4, 0.5) is 5.69 Å². The molecule has 0 atom stereocenters. The number of carbonyl (C=O) groups excluding carboxylic acids is 2. The molecule has 3 rings (SSSR count). The number of aryl methyl sites for hydroxylation is 1. The van der Waals surface area contributed by atoms with E-state index in [9.17, 15) is 9.59 Å². The molecule has 146 valence electrons. The van der Waals surface area contributed by atoms with Gasteiger partial charge in [0, 0.05) is 19.2 Å². The lowest BCUT2D eigenvalue weighted by molar-refractivity contribution is -0.0837. The van der Waals surface area contributed by atoms with Gasteiger partial charge in [-0.2, -0.15) is 5.10 Å². The van der Waals surface area contributed by atoms with Crippen LogP contribution in [-0.2, 0) is 9.47 Å². The molecule has 0 aromatic carbocycles. The first-order valence-electron chi connectivity index (χ1n) is 8.76. The van der Waals surface area contributed by atoms with Gasteiger partial charge in [0.25, 0.3) is 11.8 Å². The highest BCUT2D eigenvalue weighted by atomic mass is 16.7. The number of amides is 2. The summed E-state index contributed by atoms with van der Waals surface area (Å²) >= 11 is 0. The van der Waals surface area contributed by atoms with Crippen molar-refractivity contribution in [2.45, 2.75) is 44.8 Å². The first-order chi connectivity index (χ1) is 13.1. The van der Waals surface area contributed by atoms with Gasteiger partial charge in [0.2, 0.25) is 0 Å². The second-order valence-corrected chi connectivity index (χ2v) is 6.46. The zero-order valence-electron chi connectivity index (χ0n) is 15.3. The molecule has 1 aliphatic carbocycles. The maximum atomic E-state index is 12.6. The van der Waals surface area contributed by atoms with Crippen LogP contribution in [-0.4, -0.2) is 53.2 Å². The van der Waals surface area contributed by atoms with E-state index < -0.39 is 5.91 Å². The highest BCUT2D eigenvalue weighted by molar-refractivity contribution is 6.07. The number of carbonyl (C=O) groups is 2. The SMILES string of the molecule is COCOC1CCC(NC(=O)c2[nH]ncc2NC(=O)c2cc(C)on2)CC1. The Morgan fingerprint density at radius 1 is 1.30 bits per heavy atom. The van der Waals surface area contributed by atoms with Crippen LogP contribution in [0.15, 0.2) is 16.8 Å². The van der Waals surface area contributed by atoms with Gasteiger partial charge in [-0.25, -0.2) is 0 Å². The number of methoxy groups -OCH3 is 1. The normalized spacial score (nSPS) is 19.6. The number of nitrogens with one attached hydrogen (secondary N) is 3. The lowest BCUT2D eigenvalue weighted by Crippen LogP contribution is -2.39. The number of aromatic nitrogens is 3. The summed E-state index contributed by atoms with van der Waals surface area (Å²) < 4.78 is 15.4. The van der Waals surface area contributed by atoms with Crippen LogP contribution < -0.4 is 10.6 Å². The predicted molar refractivity (Wildman–Crippen MR) is 94.3 cm³/mol. The van der Waals surface area contributed by atoms with Crippen LogP contribution in [0.1, 0.15) is 52.4 Å². The Morgan fingerprint density at radius 3 is 2.74 bits per heavy atom. The van der Waals surface area contributed by atoms with Crippen LogP contribution in [0.5, 0.6) is 0 Å². The van der Waals surface area contributed by atoms with Crippen molar-refractivity contribution < 1.29 is 23.6 Å². The lowest BCUT2D eigenvalue weighted by atomic mass is 9.93. The van der Waals surface area contributed by atoms with Gasteiger partial charge in [0.15, 0.2) is 5.69 Å². The minimum absolute atomic E-state index is 0.0462. The molecule has 0 bridgehead atoms. The van der Waals surface area contributed by atoms with E-state index in [1.54, 1.807) is 14.0 Å². The number of anilines is 1. The molecule has 0 radical (unpaired) electrons. The summed E-state index contributed by atoms with van der Waals surface area (Å²) in [7, 11) is 1.59. The summed E-state index contributed by atoms with van der Waals surface area (Å²) in [4.78, 5) is 24.7. The summed E-state index contributed by atoms with van der Waals surface area (Å²) in [6.45, 7) is 1.97. The molecule has 0 spiro atoms. The maximum Gasteiger partial charge on any atom is 0.277 e. The minimum Gasteiger partial charge on any atom is -0.361 e. The second kappa shape index (κ2) is 8.78. The van der Waals surface area contributed by atoms with Crippen LogP contribution in [0, 0.1) is 6.92 Å². The Bertz CT molecular complexity index is 778. The molecule has 1 saturated carbocycles. The summed E-state index contributed by atoms with van der Waals surface area (Å²) in [5.41, 5.74) is 0.617. The Kier molecular flexibility index (Phi) is 6.20. The summed E-state index contributed by atoms with van der Waals surface area (Å²) in [5, 5.41) is 15.7. The molecular formula is C17H23N5O5. The highest BCUT2D eigenvalue weighted by Gasteiger charge is 2.25. The Hall–Kier alpha value is -2.72. The molecule has 2 aromatic heterocycles. The van der Waals surface area contributed by atoms with Crippen LogP contribution >= 0.6 is 0 Å². The molecule has 27 heavy (non-hydrogen) atoms. The van der Waals surface area contributed by atoms with Crippen LogP contribution in [0.25, 0.3) is 0 Å². The van der Waals surface area contributed by atoms with Gasteiger partial charge in [-0.1, -0.05) is 5.16 Å². The Morgan fingerprint density at radius 2 is 2.07 bits per heavy atom. The van der Waals surface area contributed by atoms with E-state index >= 15 is 0 Å². The number of aromatic amines is 1. The van der Waals surface area contributed by atoms with Gasteiger partial charge in [-0.05, 0) is 32.6 Å². The van der Waals surface area contributed by atoms with Gasteiger partial charge in [-0.15, -0.1) is 0 Å². The molecule has 0 saturated heterocycles. The quantitative estimate of drug-likeness (QED) is 0.625. The molecule has 2 amide bonds. The summed E-state index contributed by atoms with van der Waals surface area (Å²) in [6, 6.07) is 1.56. The topological polar surface area (TPSA) is 131 Å². The van der Waals surface area contributed by atoms with E-state index in [4.69, 9.17) is 14.0 Å². The van der Waals surface area contributed by atoms with E-state index in [2.05, 4.69) is 26.0 Å². The van der Waals surface area contributed by atoms with Crippen molar-refractivity contribution in [2.24, 2.45) is 0 Å². The summed E-state index contributed by atoms with van der Waals surface area (Å²) in [6.07, 6.45) is 4.88. The predicted octanol–water partition coefficient (Wildman–Crippen LogP) is 1.62. The third-order valence-electron chi connectivity index (χ3n) is 4.41. The van der Waals surface area contributed by atoms with Crippen molar-refractivity contribution in [1.29, 1.82) is 0 Å². The van der Waals surface area contributed by atoms with Crippen molar-refractivity contribution in [3.05, 3.63) is 29.4 Å². The van der Waals surface area contributed by atoms with Crippen molar-refractivity contribution in [2.75, 3.05) is 19.2 Å². The van der Waals surface area contributed by atoms with Crippen molar-refractivity contribution in [3.8, 4) is 0 Å². The van der Waals surface area contributed by atoms with Gasteiger partial charge in [0.05, 0.1) is 18.0 Å². The highest BCUT2D eigenvalue weighted by Crippen LogP contribution is 2.22. The smallest absolute Gasteiger partial charge is 0.277 e. The number of H-pyrrole nitrogens is 1. The van der Waals surface area contributed by atoms with E-state index in [1.807, 2.05) is 0 Å². The van der Waals surface area contributed by atoms with Gasteiger partial charge >= 0.3 is 0 Å².